The van der Waals surface area contributed by atoms with E-state index in [0.29, 0.717) is 19.4 Å². The summed E-state index contributed by atoms with van der Waals surface area (Å²) in [5, 5.41) is 0. The van der Waals surface area contributed by atoms with Crippen LogP contribution in [-0.4, -0.2) is 25.7 Å². The molecule has 0 saturated heterocycles. The Morgan fingerprint density at radius 3 is 1.42 bits per heavy atom. The first kappa shape index (κ1) is 20.3. The van der Waals surface area contributed by atoms with E-state index < -0.39 is 0 Å². The first-order valence-corrected chi connectivity index (χ1v) is 6.63. The van der Waals surface area contributed by atoms with Crippen molar-refractivity contribution in [3.63, 3.8) is 0 Å². The van der Waals surface area contributed by atoms with E-state index in [9.17, 15) is 9.59 Å². The molecule has 0 heterocycles. The minimum Gasteiger partial charge on any atom is -0.469 e. The average Bonchev–Trinajstić information content (AvgIpc) is 2.13. The van der Waals surface area contributed by atoms with Gasteiger partial charge in [0.15, 0.2) is 0 Å². The van der Waals surface area contributed by atoms with Crippen LogP contribution < -0.4 is 0 Å². The molecule has 0 aliphatic carbocycles. The van der Waals surface area contributed by atoms with Crippen molar-refractivity contribution in [1.29, 1.82) is 0 Å². The molecule has 0 amide bonds. The fourth-order valence-electron chi connectivity index (χ4n) is 1.15. The molecule has 4 heteroatoms. The molecule has 19 heavy (non-hydrogen) atoms. The highest BCUT2D eigenvalue weighted by molar-refractivity contribution is 5.70. The number of rotatable bonds is 3. The predicted molar refractivity (Wildman–Crippen MR) is 76.8 cm³/mol. The Kier molecular flexibility index (Phi) is 9.54. The molecule has 0 rings (SSSR count). The van der Waals surface area contributed by atoms with Crippen molar-refractivity contribution in [2.24, 2.45) is 10.8 Å². The van der Waals surface area contributed by atoms with Gasteiger partial charge in [-0.25, -0.2) is 0 Å². The van der Waals surface area contributed by atoms with Gasteiger partial charge in [0.2, 0.25) is 0 Å². The quantitative estimate of drug-likeness (QED) is 0.738. The van der Waals surface area contributed by atoms with Crippen LogP contribution in [0.3, 0.4) is 0 Å². The van der Waals surface area contributed by atoms with Crippen LogP contribution in [0.2, 0.25) is 0 Å². The van der Waals surface area contributed by atoms with E-state index in [1.54, 1.807) is 0 Å². The molecule has 0 N–H and O–H groups in total. The number of carbonyl (C=O) groups excluding carboxylic acids is 2. The zero-order valence-corrected chi connectivity index (χ0v) is 13.8. The molecular weight excluding hydrogens is 244 g/mol. The van der Waals surface area contributed by atoms with Crippen molar-refractivity contribution in [2.45, 2.75) is 61.3 Å². The van der Waals surface area contributed by atoms with Crippen LogP contribution in [0.4, 0.5) is 0 Å². The van der Waals surface area contributed by atoms with Gasteiger partial charge >= 0.3 is 11.9 Å². The van der Waals surface area contributed by atoms with E-state index >= 15 is 0 Å². The van der Waals surface area contributed by atoms with E-state index in [-0.39, 0.29) is 22.8 Å². The minimum atomic E-state index is -0.137. The molecule has 0 spiro atoms. The molecule has 0 aliphatic rings. The third kappa shape index (κ3) is 19.5. The van der Waals surface area contributed by atoms with Crippen molar-refractivity contribution in [3.8, 4) is 0 Å². The van der Waals surface area contributed by atoms with Crippen molar-refractivity contribution in [2.75, 3.05) is 13.7 Å². The summed E-state index contributed by atoms with van der Waals surface area (Å²) in [5.41, 5.74) is 0.0966. The van der Waals surface area contributed by atoms with Gasteiger partial charge in [-0.1, -0.05) is 41.5 Å². The maximum atomic E-state index is 10.8. The first-order valence-electron chi connectivity index (χ1n) is 6.63. The Bertz CT molecular complexity index is 269. The molecule has 4 nitrogen and oxygen atoms in total. The molecule has 114 valence electrons. The van der Waals surface area contributed by atoms with Gasteiger partial charge in [-0.15, -0.1) is 0 Å². The zero-order chi connectivity index (χ0) is 15.7. The molecule has 0 atom stereocenters. The number of methoxy groups -OCH3 is 1. The van der Waals surface area contributed by atoms with Gasteiger partial charge in [0, 0.05) is 0 Å². The van der Waals surface area contributed by atoms with E-state index in [1.165, 1.54) is 7.11 Å². The lowest BCUT2D eigenvalue weighted by Crippen LogP contribution is -2.15. The summed E-state index contributed by atoms with van der Waals surface area (Å²) in [5.74, 6) is -0.238. The third-order valence-corrected chi connectivity index (χ3v) is 1.88. The summed E-state index contributed by atoms with van der Waals surface area (Å²) < 4.78 is 9.27. The van der Waals surface area contributed by atoms with Crippen LogP contribution in [0.15, 0.2) is 0 Å². The van der Waals surface area contributed by atoms with Gasteiger partial charge in [-0.2, -0.15) is 0 Å². The van der Waals surface area contributed by atoms with Gasteiger partial charge in [0.05, 0.1) is 26.6 Å². The molecule has 0 saturated carbocycles. The Balaban J connectivity index is 0. The molecular formula is C15H30O4. The Morgan fingerprint density at radius 2 is 1.21 bits per heavy atom. The molecule has 0 aromatic heterocycles. The maximum absolute atomic E-state index is 10.8. The maximum Gasteiger partial charge on any atom is 0.306 e. The lowest BCUT2D eigenvalue weighted by atomic mass is 9.92. The van der Waals surface area contributed by atoms with Crippen molar-refractivity contribution in [3.05, 3.63) is 0 Å². The Hall–Kier alpha value is -1.06. The molecule has 0 fully saturated rings. The SMILES string of the molecule is CCOC(=O)CC(C)(C)C.COC(=O)CC(C)(C)C. The normalized spacial score (nSPS) is 11.2. The molecule has 0 unspecified atom stereocenters. The lowest BCUT2D eigenvalue weighted by Gasteiger charge is -2.15. The smallest absolute Gasteiger partial charge is 0.306 e. The van der Waals surface area contributed by atoms with Crippen molar-refractivity contribution >= 4 is 11.9 Å². The largest absolute Gasteiger partial charge is 0.469 e. The van der Waals surface area contributed by atoms with Gasteiger partial charge < -0.3 is 9.47 Å². The summed E-state index contributed by atoms with van der Waals surface area (Å²) >= 11 is 0. The third-order valence-electron chi connectivity index (χ3n) is 1.88. The highest BCUT2D eigenvalue weighted by atomic mass is 16.5. The number of carbonyl (C=O) groups is 2. The standard InChI is InChI=1S/C8H16O2.C7H14O2/c1-5-10-7(9)6-8(2,3)4;1-7(2,3)5-6(8)9-4/h5-6H2,1-4H3;5H2,1-4H3. The minimum absolute atomic E-state index is 0.0479. The van der Waals surface area contributed by atoms with Crippen molar-refractivity contribution in [1.82, 2.24) is 0 Å². The van der Waals surface area contributed by atoms with Crippen LogP contribution >= 0.6 is 0 Å². The number of hydrogen-bond donors (Lipinski definition) is 0. The van der Waals surface area contributed by atoms with Crippen LogP contribution in [0.1, 0.15) is 61.3 Å². The second-order valence-electron chi connectivity index (χ2n) is 6.86. The number of esters is 2. The van der Waals surface area contributed by atoms with E-state index in [1.807, 2.05) is 48.5 Å². The second-order valence-corrected chi connectivity index (χ2v) is 6.86. The summed E-state index contributed by atoms with van der Waals surface area (Å²) in [6, 6.07) is 0. The number of ether oxygens (including phenoxy) is 2. The monoisotopic (exact) mass is 274 g/mol. The first-order chi connectivity index (χ1) is 8.41. The van der Waals surface area contributed by atoms with E-state index in [2.05, 4.69) is 4.74 Å². The molecule has 0 aromatic carbocycles. The van der Waals surface area contributed by atoms with Gasteiger partial charge in [-0.3, -0.25) is 9.59 Å². The topological polar surface area (TPSA) is 52.6 Å². The molecule has 0 aliphatic heterocycles. The van der Waals surface area contributed by atoms with Gasteiger partial charge in [-0.05, 0) is 17.8 Å². The lowest BCUT2D eigenvalue weighted by molar-refractivity contribution is -0.145. The molecule has 0 aromatic rings. The summed E-state index contributed by atoms with van der Waals surface area (Å²) in [6.45, 7) is 14.4. The Morgan fingerprint density at radius 1 is 0.842 bits per heavy atom. The molecule has 0 radical (unpaired) electrons. The van der Waals surface area contributed by atoms with Crippen molar-refractivity contribution < 1.29 is 19.1 Å². The van der Waals surface area contributed by atoms with Crippen LogP contribution in [0, 0.1) is 10.8 Å². The van der Waals surface area contributed by atoms with Gasteiger partial charge in [0.25, 0.3) is 0 Å². The van der Waals surface area contributed by atoms with E-state index in [4.69, 9.17) is 4.74 Å². The average molecular weight is 274 g/mol. The van der Waals surface area contributed by atoms with Gasteiger partial charge in [0.1, 0.15) is 0 Å². The fraction of sp³-hybridized carbons (Fsp3) is 0.867. The second kappa shape index (κ2) is 8.94. The highest BCUT2D eigenvalue weighted by Crippen LogP contribution is 2.19. The highest BCUT2D eigenvalue weighted by Gasteiger charge is 2.16. The summed E-state index contributed by atoms with van der Waals surface area (Å²) in [4.78, 5) is 21.4. The van der Waals surface area contributed by atoms with E-state index in [0.717, 1.165) is 0 Å². The zero-order valence-electron chi connectivity index (χ0n) is 13.8. The van der Waals surface area contributed by atoms with Crippen LogP contribution in [0.25, 0.3) is 0 Å². The fourth-order valence-corrected chi connectivity index (χ4v) is 1.15. The van der Waals surface area contributed by atoms with Crippen LogP contribution in [-0.2, 0) is 19.1 Å². The molecule has 0 bridgehead atoms. The number of hydrogen-bond acceptors (Lipinski definition) is 4. The van der Waals surface area contributed by atoms with Crippen LogP contribution in [0.5, 0.6) is 0 Å². The Labute approximate surface area is 117 Å². The summed E-state index contributed by atoms with van der Waals surface area (Å²) in [7, 11) is 1.41. The predicted octanol–water partition coefficient (Wildman–Crippen LogP) is 3.58. The summed E-state index contributed by atoms with van der Waals surface area (Å²) in [6.07, 6.45) is 0.990.